The molecule has 0 fully saturated rings. The Morgan fingerprint density at radius 1 is 0.926 bits per heavy atom. The number of pyridine rings is 1. The average Bonchev–Trinajstić information content (AvgIpc) is 2.91. The summed E-state index contributed by atoms with van der Waals surface area (Å²) in [6, 6.07) is 13.0. The molecule has 3 aromatic rings. The fraction of sp³-hybridized carbons (Fsp3) is 0. The fourth-order valence-corrected chi connectivity index (χ4v) is 2.87. The number of nitrogens with one attached hydrogen (secondary N) is 1. The van der Waals surface area contributed by atoms with Crippen LogP contribution in [-0.2, 0) is 0 Å². The number of ether oxygens (including phenoxy) is 1. The van der Waals surface area contributed by atoms with Gasteiger partial charge in [0.05, 0.1) is 16.8 Å². The van der Waals surface area contributed by atoms with Gasteiger partial charge in [-0.2, -0.15) is 0 Å². The highest BCUT2D eigenvalue weighted by Gasteiger charge is 2.31. The Morgan fingerprint density at radius 2 is 1.67 bits per heavy atom. The minimum Gasteiger partial charge on any atom is -0.457 e. The van der Waals surface area contributed by atoms with Crippen LogP contribution in [0.15, 0.2) is 59.4 Å². The van der Waals surface area contributed by atoms with Gasteiger partial charge in [-0.25, -0.2) is 4.39 Å². The summed E-state index contributed by atoms with van der Waals surface area (Å²) in [6.45, 7) is 0. The molecular weight excluding hydrogens is 353 g/mol. The lowest BCUT2D eigenvalue weighted by molar-refractivity contribution is 0.0880. The van der Waals surface area contributed by atoms with Crippen LogP contribution in [-0.4, -0.2) is 16.4 Å². The van der Waals surface area contributed by atoms with E-state index in [1.54, 1.807) is 24.3 Å². The van der Waals surface area contributed by atoms with Crippen molar-refractivity contribution in [1.29, 1.82) is 0 Å². The van der Waals surface area contributed by atoms with Gasteiger partial charge < -0.3 is 10.5 Å². The topological polar surface area (TPSA) is 103 Å². The number of aromatic nitrogens is 1. The number of anilines is 1. The van der Waals surface area contributed by atoms with Gasteiger partial charge in [-0.3, -0.25) is 24.3 Å². The molecule has 2 heterocycles. The second kappa shape index (κ2) is 6.10. The van der Waals surface area contributed by atoms with Gasteiger partial charge in [-0.15, -0.1) is 0 Å². The second-order valence-electron chi connectivity index (χ2n) is 5.83. The highest BCUT2D eigenvalue weighted by atomic mass is 19.1. The molecule has 0 saturated carbocycles. The van der Waals surface area contributed by atoms with Crippen molar-refractivity contribution >= 4 is 17.6 Å². The number of rotatable bonds is 3. The van der Waals surface area contributed by atoms with E-state index in [0.29, 0.717) is 17.2 Å². The molecule has 2 amide bonds. The van der Waals surface area contributed by atoms with Crippen LogP contribution in [0.5, 0.6) is 11.5 Å². The molecule has 0 bridgehead atoms. The summed E-state index contributed by atoms with van der Waals surface area (Å²) in [6.07, 6.45) is 0. The first-order valence-electron chi connectivity index (χ1n) is 7.89. The second-order valence-corrected chi connectivity index (χ2v) is 5.83. The monoisotopic (exact) mass is 365 g/mol. The summed E-state index contributed by atoms with van der Waals surface area (Å²) < 4.78 is 19.8. The van der Waals surface area contributed by atoms with Crippen LogP contribution in [0.4, 0.5) is 10.2 Å². The van der Waals surface area contributed by atoms with Crippen molar-refractivity contribution in [2.24, 2.45) is 0 Å². The van der Waals surface area contributed by atoms with E-state index in [9.17, 15) is 18.8 Å². The maximum Gasteiger partial charge on any atom is 0.262 e. The maximum absolute atomic E-state index is 13.0. The number of nitrogens with zero attached hydrogens (tertiary/aromatic N) is 1. The molecule has 134 valence electrons. The number of hydrogen-bond donors (Lipinski definition) is 2. The van der Waals surface area contributed by atoms with Crippen molar-refractivity contribution in [3.8, 4) is 17.2 Å². The van der Waals surface area contributed by atoms with Crippen molar-refractivity contribution in [2.75, 3.05) is 5.73 Å². The molecule has 3 N–H and O–H groups in total. The lowest BCUT2D eigenvalue weighted by Crippen LogP contribution is -2.24. The molecule has 1 aliphatic rings. The van der Waals surface area contributed by atoms with Crippen LogP contribution in [0.3, 0.4) is 0 Å². The molecule has 7 nitrogen and oxygen atoms in total. The number of carbonyl (C=O) groups is 2. The minimum atomic E-state index is -0.653. The summed E-state index contributed by atoms with van der Waals surface area (Å²) in [5.41, 5.74) is 5.72. The predicted molar refractivity (Wildman–Crippen MR) is 94.7 cm³/mol. The summed E-state index contributed by atoms with van der Waals surface area (Å²) in [4.78, 5) is 36.1. The van der Waals surface area contributed by atoms with Gasteiger partial charge in [-0.1, -0.05) is 6.07 Å². The number of carbonyl (C=O) groups excluding carboxylic acids is 2. The molecule has 0 aliphatic carbocycles. The number of imide groups is 1. The van der Waals surface area contributed by atoms with Crippen LogP contribution in [0, 0.1) is 5.82 Å². The quantitative estimate of drug-likeness (QED) is 0.693. The summed E-state index contributed by atoms with van der Waals surface area (Å²) in [5, 5.41) is 2.11. The van der Waals surface area contributed by atoms with Crippen LogP contribution in [0.1, 0.15) is 20.7 Å². The Hall–Kier alpha value is -3.94. The summed E-state index contributed by atoms with van der Waals surface area (Å²) in [5.74, 6) is -1.04. The first-order chi connectivity index (χ1) is 12.9. The van der Waals surface area contributed by atoms with Crippen LogP contribution >= 0.6 is 0 Å². The SMILES string of the molecule is Nc1c2c(cc(=O)n1-c1cccc(Oc3ccc(F)cc3)c1)C(=O)NC2=O. The number of fused-ring (bicyclic) bond motifs is 1. The molecule has 8 heteroatoms. The lowest BCUT2D eigenvalue weighted by Gasteiger charge is -2.13. The van der Waals surface area contributed by atoms with Crippen LogP contribution in [0.2, 0.25) is 0 Å². The van der Waals surface area contributed by atoms with E-state index in [0.717, 1.165) is 10.6 Å². The summed E-state index contributed by atoms with van der Waals surface area (Å²) >= 11 is 0. The van der Waals surface area contributed by atoms with Gasteiger partial charge in [0.1, 0.15) is 23.1 Å². The number of hydrogen-bond acceptors (Lipinski definition) is 5. The molecule has 0 saturated heterocycles. The molecule has 0 atom stereocenters. The Morgan fingerprint density at radius 3 is 2.41 bits per heavy atom. The van der Waals surface area contributed by atoms with Gasteiger partial charge >= 0.3 is 0 Å². The van der Waals surface area contributed by atoms with E-state index in [1.807, 2.05) is 0 Å². The maximum atomic E-state index is 13.0. The molecular formula is C19H12FN3O4. The van der Waals surface area contributed by atoms with E-state index in [2.05, 4.69) is 5.32 Å². The van der Waals surface area contributed by atoms with E-state index < -0.39 is 17.4 Å². The predicted octanol–water partition coefficient (Wildman–Crippen LogP) is 2.23. The molecule has 0 radical (unpaired) electrons. The number of nitrogen functional groups attached to an aromatic ring is 1. The zero-order valence-corrected chi connectivity index (χ0v) is 13.7. The largest absolute Gasteiger partial charge is 0.457 e. The normalized spacial score (nSPS) is 12.6. The average molecular weight is 365 g/mol. The molecule has 0 unspecified atom stereocenters. The highest BCUT2D eigenvalue weighted by molar-refractivity contribution is 6.23. The number of nitrogens with two attached hydrogens (primary N) is 1. The van der Waals surface area contributed by atoms with Gasteiger partial charge in [0.25, 0.3) is 17.4 Å². The Balaban J connectivity index is 1.78. The fourth-order valence-electron chi connectivity index (χ4n) is 2.87. The molecule has 4 rings (SSSR count). The van der Waals surface area contributed by atoms with Crippen molar-refractivity contribution in [3.05, 3.63) is 81.9 Å². The lowest BCUT2D eigenvalue weighted by atomic mass is 10.1. The zero-order chi connectivity index (χ0) is 19.1. The van der Waals surface area contributed by atoms with Gasteiger partial charge in [-0.05, 0) is 36.4 Å². The third kappa shape index (κ3) is 2.82. The first kappa shape index (κ1) is 16.5. The smallest absolute Gasteiger partial charge is 0.262 e. The van der Waals surface area contributed by atoms with Crippen LogP contribution in [0.25, 0.3) is 5.69 Å². The number of halogens is 1. The third-order valence-electron chi connectivity index (χ3n) is 4.08. The standard InChI is InChI=1S/C19H12FN3O4/c20-10-4-6-12(7-5-10)27-13-3-1-2-11(8-13)23-15(24)9-14-16(17(23)21)19(26)22-18(14)25/h1-9H,21H2,(H,22,25,26). The van der Waals surface area contributed by atoms with E-state index in [-0.39, 0.29) is 22.8 Å². The molecule has 27 heavy (non-hydrogen) atoms. The molecule has 1 aliphatic heterocycles. The Kier molecular flexibility index (Phi) is 3.73. The molecule has 1 aromatic heterocycles. The molecule has 0 spiro atoms. The van der Waals surface area contributed by atoms with E-state index in [1.165, 1.54) is 24.3 Å². The van der Waals surface area contributed by atoms with Gasteiger partial charge in [0.2, 0.25) is 0 Å². The Bertz CT molecular complexity index is 1150. The van der Waals surface area contributed by atoms with Gasteiger partial charge in [0.15, 0.2) is 0 Å². The Labute approximate surface area is 151 Å². The van der Waals surface area contributed by atoms with E-state index >= 15 is 0 Å². The summed E-state index contributed by atoms with van der Waals surface area (Å²) in [7, 11) is 0. The van der Waals surface area contributed by atoms with Crippen molar-refractivity contribution < 1.29 is 18.7 Å². The van der Waals surface area contributed by atoms with Crippen LogP contribution < -0.4 is 21.3 Å². The minimum absolute atomic E-state index is 0.0375. The highest BCUT2D eigenvalue weighted by Crippen LogP contribution is 2.26. The number of amides is 2. The number of benzene rings is 2. The van der Waals surface area contributed by atoms with Crippen molar-refractivity contribution in [3.63, 3.8) is 0 Å². The van der Waals surface area contributed by atoms with Crippen molar-refractivity contribution in [2.45, 2.75) is 0 Å². The third-order valence-corrected chi connectivity index (χ3v) is 4.08. The molecule has 2 aromatic carbocycles. The zero-order valence-electron chi connectivity index (χ0n) is 13.7. The first-order valence-corrected chi connectivity index (χ1v) is 7.89. The van der Waals surface area contributed by atoms with E-state index in [4.69, 9.17) is 10.5 Å². The van der Waals surface area contributed by atoms with Gasteiger partial charge in [0, 0.05) is 12.1 Å². The van der Waals surface area contributed by atoms with Crippen molar-refractivity contribution in [1.82, 2.24) is 9.88 Å².